The number of ether oxygens (including phenoxy) is 3. The van der Waals surface area contributed by atoms with E-state index in [0.717, 1.165) is 5.56 Å². The average molecular weight is 375 g/mol. The van der Waals surface area contributed by atoms with Crippen molar-refractivity contribution in [2.24, 2.45) is 0 Å². The van der Waals surface area contributed by atoms with Crippen LogP contribution in [0.3, 0.4) is 0 Å². The number of thiocarbonyl (C=S) groups is 2. The number of likely N-dealkylation sites (N-methyl/N-ethyl adjacent to an activating group) is 1. The van der Waals surface area contributed by atoms with Crippen LogP contribution in [0.4, 0.5) is 0 Å². The molecule has 0 bridgehead atoms. The van der Waals surface area contributed by atoms with Crippen LogP contribution >= 0.6 is 24.4 Å². The molecule has 1 aliphatic rings. The van der Waals surface area contributed by atoms with Gasteiger partial charge in [-0.25, -0.2) is 0 Å². The molecule has 2 heterocycles. The zero-order chi connectivity index (χ0) is 18.0. The Labute approximate surface area is 156 Å². The number of furan rings is 1. The van der Waals surface area contributed by atoms with E-state index >= 15 is 0 Å². The molecule has 0 saturated carbocycles. The van der Waals surface area contributed by atoms with Crippen LogP contribution in [0.25, 0.3) is 17.4 Å². The Morgan fingerprint density at radius 1 is 1.12 bits per heavy atom. The Balaban J connectivity index is 1.93. The molecular weight excluding hydrogens is 358 g/mol. The number of methoxy groups -OCH3 is 2. The van der Waals surface area contributed by atoms with Crippen LogP contribution in [0, 0.1) is 0 Å². The maximum Gasteiger partial charge on any atom is 0.270 e. The quantitative estimate of drug-likeness (QED) is 0.571. The Morgan fingerprint density at radius 2 is 1.92 bits per heavy atom. The number of hydrogen-bond donors (Lipinski definition) is 0. The molecule has 1 fully saturated rings. The van der Waals surface area contributed by atoms with Crippen molar-refractivity contribution in [3.05, 3.63) is 41.9 Å². The molecule has 0 unspecified atom stereocenters. The summed E-state index contributed by atoms with van der Waals surface area (Å²) < 4.78 is 22.2. The molecule has 25 heavy (non-hydrogen) atoms. The molecule has 1 aromatic carbocycles. The lowest BCUT2D eigenvalue weighted by atomic mass is 10.1. The molecule has 5 nitrogen and oxygen atoms in total. The fourth-order valence-corrected chi connectivity index (χ4v) is 3.24. The maximum atomic E-state index is 5.91. The topological polar surface area (TPSA) is 44.1 Å². The predicted octanol–water partition coefficient (Wildman–Crippen LogP) is 4.27. The summed E-state index contributed by atoms with van der Waals surface area (Å²) in [4.78, 5) is 2.32. The fraction of sp³-hybridized carbons (Fsp3) is 0.222. The molecule has 3 rings (SSSR count). The summed E-state index contributed by atoms with van der Waals surface area (Å²) in [5.41, 5.74) is 0.798. The Hall–Kier alpha value is -2.38. The van der Waals surface area contributed by atoms with E-state index < -0.39 is 0 Å². The zero-order valence-corrected chi connectivity index (χ0v) is 15.7. The van der Waals surface area contributed by atoms with Crippen molar-refractivity contribution in [1.29, 1.82) is 0 Å². The van der Waals surface area contributed by atoms with Gasteiger partial charge in [0.25, 0.3) is 5.17 Å². The molecule has 130 valence electrons. The summed E-state index contributed by atoms with van der Waals surface area (Å²) in [6, 6.07) is 9.31. The van der Waals surface area contributed by atoms with E-state index in [1.165, 1.54) is 0 Å². The second-order valence-corrected chi connectivity index (χ2v) is 5.91. The van der Waals surface area contributed by atoms with E-state index in [2.05, 4.69) is 0 Å². The summed E-state index contributed by atoms with van der Waals surface area (Å²) in [5.74, 6) is 3.03. The fourth-order valence-electron chi connectivity index (χ4n) is 2.56. The van der Waals surface area contributed by atoms with Gasteiger partial charge < -0.3 is 18.6 Å². The van der Waals surface area contributed by atoms with Gasteiger partial charge in [-0.2, -0.15) is 0 Å². The van der Waals surface area contributed by atoms with Crippen LogP contribution in [0.1, 0.15) is 12.7 Å². The second-order valence-electron chi connectivity index (χ2n) is 5.17. The molecule has 0 radical (unpaired) electrons. The largest absolute Gasteiger partial charge is 0.493 e. The van der Waals surface area contributed by atoms with Crippen LogP contribution in [0.15, 0.2) is 40.5 Å². The van der Waals surface area contributed by atoms with E-state index in [1.54, 1.807) is 25.2 Å². The summed E-state index contributed by atoms with van der Waals surface area (Å²) in [6.07, 6.45) is 1.74. The summed E-state index contributed by atoms with van der Waals surface area (Å²) in [7, 11) is 3.19. The highest BCUT2D eigenvalue weighted by atomic mass is 32.1. The molecule has 0 N–H and O–H groups in total. The van der Waals surface area contributed by atoms with Crippen molar-refractivity contribution in [3.8, 4) is 22.8 Å². The number of nitrogens with zero attached hydrogens (tertiary/aromatic N) is 1. The van der Waals surface area contributed by atoms with Gasteiger partial charge in [-0.3, -0.25) is 4.90 Å². The normalized spacial score (nSPS) is 15.6. The first-order chi connectivity index (χ1) is 12.1. The maximum absolute atomic E-state index is 5.91. The number of benzene rings is 1. The SMILES string of the molecule is CCN1C(=S)O/C(=C\c2ccc(-c3cccc(OC)c3OC)o2)C1=S. The summed E-state index contributed by atoms with van der Waals surface area (Å²) >= 11 is 10.5. The van der Waals surface area contributed by atoms with Gasteiger partial charge >= 0.3 is 0 Å². The minimum absolute atomic E-state index is 0.361. The van der Waals surface area contributed by atoms with Gasteiger partial charge in [0.2, 0.25) is 0 Å². The van der Waals surface area contributed by atoms with Gasteiger partial charge in [0.1, 0.15) is 11.5 Å². The number of para-hydroxylation sites is 1. The van der Waals surface area contributed by atoms with Crippen LogP contribution < -0.4 is 9.47 Å². The summed E-state index contributed by atoms with van der Waals surface area (Å²) in [5, 5.41) is 0.361. The highest BCUT2D eigenvalue weighted by Crippen LogP contribution is 2.38. The first-order valence-electron chi connectivity index (χ1n) is 7.65. The van der Waals surface area contributed by atoms with Gasteiger partial charge in [-0.05, 0) is 43.4 Å². The highest BCUT2D eigenvalue weighted by Gasteiger charge is 2.28. The van der Waals surface area contributed by atoms with Gasteiger partial charge in [-0.1, -0.05) is 18.3 Å². The molecular formula is C18H17NO4S2. The van der Waals surface area contributed by atoms with E-state index in [4.69, 9.17) is 43.1 Å². The van der Waals surface area contributed by atoms with Gasteiger partial charge in [-0.15, -0.1) is 0 Å². The van der Waals surface area contributed by atoms with Crippen molar-refractivity contribution < 1.29 is 18.6 Å². The lowest BCUT2D eigenvalue weighted by Crippen LogP contribution is -2.26. The first-order valence-corrected chi connectivity index (χ1v) is 8.47. The van der Waals surface area contributed by atoms with E-state index in [0.29, 0.717) is 45.5 Å². The van der Waals surface area contributed by atoms with E-state index in [1.807, 2.05) is 37.3 Å². The molecule has 2 aromatic rings. The molecule has 0 atom stereocenters. The Bertz CT molecular complexity index is 857. The van der Waals surface area contributed by atoms with Crippen molar-refractivity contribution in [1.82, 2.24) is 4.90 Å². The third-order valence-electron chi connectivity index (χ3n) is 3.76. The zero-order valence-electron chi connectivity index (χ0n) is 14.1. The van der Waals surface area contributed by atoms with Crippen molar-refractivity contribution in [3.63, 3.8) is 0 Å². The molecule has 0 spiro atoms. The molecule has 0 amide bonds. The number of rotatable bonds is 5. The van der Waals surface area contributed by atoms with Crippen LogP contribution in [-0.2, 0) is 4.74 Å². The van der Waals surface area contributed by atoms with Crippen LogP contribution in [0.2, 0.25) is 0 Å². The monoisotopic (exact) mass is 375 g/mol. The first kappa shape index (κ1) is 17.4. The Kier molecular flexibility index (Phi) is 5.06. The predicted molar refractivity (Wildman–Crippen MR) is 104 cm³/mol. The lowest BCUT2D eigenvalue weighted by Gasteiger charge is -2.10. The average Bonchev–Trinajstić information content (AvgIpc) is 3.19. The standard InChI is InChI=1S/C18H17NO4S2/c1-4-19-17(24)15(23-18(19)25)10-11-8-9-13(22-11)12-6-5-7-14(20-2)16(12)21-3/h5-10H,4H2,1-3H3/b15-10-. The molecule has 0 aliphatic carbocycles. The minimum atomic E-state index is 0.361. The summed E-state index contributed by atoms with van der Waals surface area (Å²) in [6.45, 7) is 2.63. The van der Waals surface area contributed by atoms with E-state index in [-0.39, 0.29) is 0 Å². The third-order valence-corrected chi connectivity index (χ3v) is 4.48. The Morgan fingerprint density at radius 3 is 2.56 bits per heavy atom. The second kappa shape index (κ2) is 7.25. The smallest absolute Gasteiger partial charge is 0.270 e. The molecule has 1 aromatic heterocycles. The highest BCUT2D eigenvalue weighted by molar-refractivity contribution is 7.82. The molecule has 1 aliphatic heterocycles. The third kappa shape index (κ3) is 3.25. The van der Waals surface area contributed by atoms with Crippen LogP contribution in [0.5, 0.6) is 11.5 Å². The van der Waals surface area contributed by atoms with Crippen molar-refractivity contribution in [2.45, 2.75) is 6.92 Å². The van der Waals surface area contributed by atoms with Gasteiger partial charge in [0.05, 0.1) is 19.8 Å². The van der Waals surface area contributed by atoms with Crippen LogP contribution in [-0.4, -0.2) is 35.8 Å². The van der Waals surface area contributed by atoms with Gasteiger partial charge in [0, 0.05) is 12.6 Å². The van der Waals surface area contributed by atoms with Crippen molar-refractivity contribution in [2.75, 3.05) is 20.8 Å². The van der Waals surface area contributed by atoms with E-state index in [9.17, 15) is 0 Å². The number of hydrogen-bond acceptors (Lipinski definition) is 6. The lowest BCUT2D eigenvalue weighted by molar-refractivity contribution is 0.355. The van der Waals surface area contributed by atoms with Gasteiger partial charge in [0.15, 0.2) is 22.2 Å². The molecule has 1 saturated heterocycles. The molecule has 7 heteroatoms. The van der Waals surface area contributed by atoms with Crippen molar-refractivity contribution >= 4 is 40.7 Å². The minimum Gasteiger partial charge on any atom is -0.493 e.